The summed E-state index contributed by atoms with van der Waals surface area (Å²) >= 11 is 0. The topological polar surface area (TPSA) is 73.3 Å². The van der Waals surface area contributed by atoms with Crippen LogP contribution in [0.4, 0.5) is 4.39 Å². The van der Waals surface area contributed by atoms with Gasteiger partial charge in [-0.15, -0.1) is 0 Å². The molecule has 1 aromatic carbocycles. The van der Waals surface area contributed by atoms with Crippen molar-refractivity contribution >= 4 is 5.96 Å². The van der Waals surface area contributed by atoms with Crippen LogP contribution in [0.5, 0.6) is 0 Å². The van der Waals surface area contributed by atoms with Gasteiger partial charge in [0.05, 0.1) is 6.54 Å². The minimum absolute atomic E-state index is 0.223. The van der Waals surface area contributed by atoms with Crippen molar-refractivity contribution in [2.45, 2.75) is 6.42 Å². The summed E-state index contributed by atoms with van der Waals surface area (Å²) in [5.74, 6) is -0.687. The van der Waals surface area contributed by atoms with Crippen LogP contribution in [-0.4, -0.2) is 22.8 Å². The molecule has 1 rings (SSSR count). The molecule has 4 N–H and O–H groups in total. The second kappa shape index (κ2) is 4.57. The molecule has 0 fully saturated rings. The third kappa shape index (κ3) is 3.02. The van der Waals surface area contributed by atoms with Crippen LogP contribution >= 0.6 is 0 Å². The molecular formula is C9H12FN3O. The molecule has 0 aliphatic rings. The summed E-state index contributed by atoms with van der Waals surface area (Å²) in [4.78, 5) is 0. The Morgan fingerprint density at radius 1 is 1.43 bits per heavy atom. The summed E-state index contributed by atoms with van der Waals surface area (Å²) in [6, 6.07) is 5.96. The smallest absolute Gasteiger partial charge is 0.212 e. The first-order valence-electron chi connectivity index (χ1n) is 4.14. The standard InChI is InChI=1S/C9H12FN3O/c10-8-3-1-7(2-4-8)5-6-13(14)9(11)12/h1-4,14H,5-6H2,(H3,11,12). The van der Waals surface area contributed by atoms with Crippen molar-refractivity contribution in [1.29, 1.82) is 5.41 Å². The van der Waals surface area contributed by atoms with Crippen LogP contribution in [0.2, 0.25) is 0 Å². The molecule has 0 bridgehead atoms. The second-order valence-electron chi connectivity index (χ2n) is 2.88. The number of hydrogen-bond donors (Lipinski definition) is 3. The molecular weight excluding hydrogens is 185 g/mol. The number of nitrogens with one attached hydrogen (secondary N) is 1. The van der Waals surface area contributed by atoms with E-state index in [1.54, 1.807) is 12.1 Å². The number of rotatable bonds is 3. The van der Waals surface area contributed by atoms with E-state index in [-0.39, 0.29) is 12.4 Å². The summed E-state index contributed by atoms with van der Waals surface area (Å²) in [6.07, 6.45) is 0.510. The Labute approximate surface area is 81.2 Å². The van der Waals surface area contributed by atoms with E-state index >= 15 is 0 Å². The van der Waals surface area contributed by atoms with Crippen molar-refractivity contribution in [3.63, 3.8) is 0 Å². The molecule has 1 aromatic rings. The van der Waals surface area contributed by atoms with Crippen LogP contribution in [0.25, 0.3) is 0 Å². The van der Waals surface area contributed by atoms with Crippen LogP contribution < -0.4 is 5.73 Å². The molecule has 0 aromatic heterocycles. The largest absolute Gasteiger partial charge is 0.368 e. The van der Waals surface area contributed by atoms with Crippen LogP contribution in [0.15, 0.2) is 24.3 Å². The lowest BCUT2D eigenvalue weighted by Crippen LogP contribution is -2.34. The predicted molar refractivity (Wildman–Crippen MR) is 50.5 cm³/mol. The number of halogens is 1. The Balaban J connectivity index is 2.46. The molecule has 76 valence electrons. The fraction of sp³-hybridized carbons (Fsp3) is 0.222. The Bertz CT molecular complexity index is 312. The zero-order valence-electron chi connectivity index (χ0n) is 7.57. The molecule has 5 heteroatoms. The first-order valence-corrected chi connectivity index (χ1v) is 4.14. The number of hydroxylamine groups is 2. The average Bonchev–Trinajstić information content (AvgIpc) is 2.16. The highest BCUT2D eigenvalue weighted by Crippen LogP contribution is 2.03. The Morgan fingerprint density at radius 3 is 2.50 bits per heavy atom. The summed E-state index contributed by atoms with van der Waals surface area (Å²) in [5, 5.41) is 16.6. The van der Waals surface area contributed by atoms with Crippen molar-refractivity contribution in [3.05, 3.63) is 35.6 Å². The summed E-state index contributed by atoms with van der Waals surface area (Å²) in [5.41, 5.74) is 5.90. The van der Waals surface area contributed by atoms with Gasteiger partial charge in [0.25, 0.3) is 0 Å². The average molecular weight is 197 g/mol. The van der Waals surface area contributed by atoms with E-state index in [4.69, 9.17) is 16.4 Å². The van der Waals surface area contributed by atoms with Gasteiger partial charge in [0, 0.05) is 0 Å². The molecule has 0 saturated carbocycles. The fourth-order valence-corrected chi connectivity index (χ4v) is 1.01. The molecule has 14 heavy (non-hydrogen) atoms. The predicted octanol–water partition coefficient (Wildman–Crippen LogP) is 0.953. The quantitative estimate of drug-likeness (QED) is 0.384. The summed E-state index contributed by atoms with van der Waals surface area (Å²) in [7, 11) is 0. The maximum absolute atomic E-state index is 12.5. The molecule has 0 aliphatic carbocycles. The number of nitrogens with zero attached hydrogens (tertiary/aromatic N) is 1. The first kappa shape index (κ1) is 10.5. The van der Waals surface area contributed by atoms with Gasteiger partial charge in [0.2, 0.25) is 5.96 Å². The zero-order valence-corrected chi connectivity index (χ0v) is 7.57. The van der Waals surface area contributed by atoms with Gasteiger partial charge in [-0.25, -0.2) is 9.45 Å². The van der Waals surface area contributed by atoms with Crippen molar-refractivity contribution in [2.75, 3.05) is 6.54 Å². The third-order valence-corrected chi connectivity index (χ3v) is 1.80. The number of benzene rings is 1. The number of nitrogens with two attached hydrogens (primary N) is 1. The van der Waals surface area contributed by atoms with E-state index in [1.165, 1.54) is 12.1 Å². The van der Waals surface area contributed by atoms with E-state index < -0.39 is 5.96 Å². The second-order valence-corrected chi connectivity index (χ2v) is 2.88. The highest BCUT2D eigenvalue weighted by Gasteiger charge is 2.02. The van der Waals surface area contributed by atoms with Crippen LogP contribution in [0, 0.1) is 11.2 Å². The lowest BCUT2D eigenvalue weighted by Gasteiger charge is -2.13. The van der Waals surface area contributed by atoms with Gasteiger partial charge >= 0.3 is 0 Å². The van der Waals surface area contributed by atoms with E-state index in [0.29, 0.717) is 11.5 Å². The Morgan fingerprint density at radius 2 is 2.00 bits per heavy atom. The zero-order chi connectivity index (χ0) is 10.6. The summed E-state index contributed by atoms with van der Waals surface area (Å²) < 4.78 is 12.5. The van der Waals surface area contributed by atoms with Gasteiger partial charge in [-0.3, -0.25) is 10.6 Å². The molecule has 0 aliphatic heterocycles. The number of guanidine groups is 1. The van der Waals surface area contributed by atoms with Crippen LogP contribution in [0.3, 0.4) is 0 Å². The lowest BCUT2D eigenvalue weighted by molar-refractivity contribution is -0.0158. The highest BCUT2D eigenvalue weighted by molar-refractivity contribution is 5.73. The van der Waals surface area contributed by atoms with Gasteiger partial charge < -0.3 is 5.73 Å². The van der Waals surface area contributed by atoms with E-state index in [1.807, 2.05) is 0 Å². The summed E-state index contributed by atoms with van der Waals surface area (Å²) in [6.45, 7) is 0.223. The molecule has 0 amide bonds. The minimum Gasteiger partial charge on any atom is -0.368 e. The SMILES string of the molecule is N=C(N)N(O)CCc1ccc(F)cc1. The van der Waals surface area contributed by atoms with Crippen molar-refractivity contribution in [1.82, 2.24) is 5.06 Å². The van der Waals surface area contributed by atoms with Gasteiger partial charge in [0.1, 0.15) is 5.82 Å². The highest BCUT2D eigenvalue weighted by atomic mass is 19.1. The van der Waals surface area contributed by atoms with Gasteiger partial charge in [-0.05, 0) is 24.1 Å². The number of hydrogen-bond acceptors (Lipinski definition) is 2. The maximum Gasteiger partial charge on any atom is 0.212 e. The molecule has 0 atom stereocenters. The lowest BCUT2D eigenvalue weighted by atomic mass is 10.1. The van der Waals surface area contributed by atoms with Gasteiger partial charge in [-0.1, -0.05) is 12.1 Å². The molecule has 0 saturated heterocycles. The molecule has 0 heterocycles. The van der Waals surface area contributed by atoms with Gasteiger partial charge in [0.15, 0.2) is 0 Å². The Hall–Kier alpha value is -1.62. The Kier molecular flexibility index (Phi) is 3.41. The molecule has 0 unspecified atom stereocenters. The maximum atomic E-state index is 12.5. The van der Waals surface area contributed by atoms with Crippen molar-refractivity contribution < 1.29 is 9.60 Å². The van der Waals surface area contributed by atoms with Crippen LogP contribution in [-0.2, 0) is 6.42 Å². The fourth-order valence-electron chi connectivity index (χ4n) is 1.01. The normalized spacial score (nSPS) is 9.86. The molecule has 0 radical (unpaired) electrons. The van der Waals surface area contributed by atoms with Crippen molar-refractivity contribution in [3.8, 4) is 0 Å². The first-order chi connectivity index (χ1) is 6.59. The molecule has 4 nitrogen and oxygen atoms in total. The molecule has 0 spiro atoms. The monoisotopic (exact) mass is 197 g/mol. The van der Waals surface area contributed by atoms with E-state index in [9.17, 15) is 4.39 Å². The van der Waals surface area contributed by atoms with Crippen LogP contribution in [0.1, 0.15) is 5.56 Å². The third-order valence-electron chi connectivity index (χ3n) is 1.80. The van der Waals surface area contributed by atoms with E-state index in [0.717, 1.165) is 5.56 Å². The van der Waals surface area contributed by atoms with Gasteiger partial charge in [-0.2, -0.15) is 0 Å². The van der Waals surface area contributed by atoms with E-state index in [2.05, 4.69) is 0 Å². The van der Waals surface area contributed by atoms with Crippen molar-refractivity contribution in [2.24, 2.45) is 5.73 Å². The minimum atomic E-state index is -0.396.